The number of thiophene rings is 1. The zero-order valence-electron chi connectivity index (χ0n) is 25.7. The van der Waals surface area contributed by atoms with Gasteiger partial charge in [0.25, 0.3) is 11.8 Å². The first-order valence-corrected chi connectivity index (χ1v) is 15.7. The van der Waals surface area contributed by atoms with E-state index in [1.165, 1.54) is 0 Å². The van der Waals surface area contributed by atoms with Gasteiger partial charge in [-0.25, -0.2) is 9.79 Å². The third kappa shape index (κ3) is 7.38. The monoisotopic (exact) mass is 586 g/mol. The fourth-order valence-electron chi connectivity index (χ4n) is 6.02. The molecule has 1 aromatic heterocycles. The molecule has 3 amide bonds. The zero-order valence-corrected chi connectivity index (χ0v) is 26.5. The molecular weight excluding hydrogens is 540 g/mol. The van der Waals surface area contributed by atoms with Gasteiger partial charge in [-0.3, -0.25) is 9.59 Å². The Hall–Kier alpha value is -2.72. The first kappa shape index (κ1) is 31.2. The lowest BCUT2D eigenvalue weighted by Crippen LogP contribution is -2.41. The highest BCUT2D eigenvalue weighted by Gasteiger charge is 2.35. The molecule has 3 aliphatic heterocycles. The minimum absolute atomic E-state index is 0.149. The number of carbonyl (C=O) groups excluding carboxylic acids is 3. The molecular formula is C31H46N4O5S. The van der Waals surface area contributed by atoms with E-state index in [1.807, 2.05) is 47.6 Å². The summed E-state index contributed by atoms with van der Waals surface area (Å²) in [7, 11) is 0. The molecule has 41 heavy (non-hydrogen) atoms. The van der Waals surface area contributed by atoms with Gasteiger partial charge in [0.2, 0.25) is 0 Å². The number of piperidine rings is 1. The smallest absolute Gasteiger partial charge is 0.410 e. The van der Waals surface area contributed by atoms with Crippen molar-refractivity contribution < 1.29 is 23.9 Å². The number of anilines is 1. The van der Waals surface area contributed by atoms with Gasteiger partial charge in [-0.2, -0.15) is 0 Å². The lowest BCUT2D eigenvalue weighted by Gasteiger charge is -2.35. The van der Waals surface area contributed by atoms with Crippen LogP contribution in [0.5, 0.6) is 0 Å². The van der Waals surface area contributed by atoms with Crippen molar-refractivity contribution >= 4 is 40.0 Å². The SMILES string of the molecule is CCN(c1sc(C2CCN(C(=O)OC(C)(C)C)CC2)c(C(=O)NCC2C(=O)N=C(C)C=C2C)c1C)C1CCOCC1. The minimum Gasteiger partial charge on any atom is -0.444 e. The second kappa shape index (κ2) is 13.1. The fraction of sp³-hybridized carbons (Fsp3) is 0.677. The number of hydrogen-bond acceptors (Lipinski definition) is 7. The second-order valence-electron chi connectivity index (χ2n) is 12.4. The number of rotatable bonds is 7. The molecule has 226 valence electrons. The minimum atomic E-state index is -0.538. The van der Waals surface area contributed by atoms with Crippen molar-refractivity contribution in [2.75, 3.05) is 44.3 Å². The van der Waals surface area contributed by atoms with Crippen LogP contribution in [0.4, 0.5) is 9.80 Å². The van der Waals surface area contributed by atoms with Gasteiger partial charge >= 0.3 is 6.09 Å². The largest absolute Gasteiger partial charge is 0.444 e. The van der Waals surface area contributed by atoms with E-state index in [0.717, 1.165) is 72.0 Å². The summed E-state index contributed by atoms with van der Waals surface area (Å²) in [6, 6.07) is 0.373. The van der Waals surface area contributed by atoms with Crippen LogP contribution in [0.15, 0.2) is 16.6 Å². The molecule has 0 radical (unpaired) electrons. The molecule has 1 N–H and O–H groups in total. The summed E-state index contributed by atoms with van der Waals surface area (Å²) in [5.74, 6) is -0.650. The van der Waals surface area contributed by atoms with Gasteiger partial charge in [-0.1, -0.05) is 5.57 Å². The molecule has 3 aliphatic rings. The van der Waals surface area contributed by atoms with Crippen LogP contribution in [-0.4, -0.2) is 79.6 Å². The number of allylic oxidation sites excluding steroid dienone is 1. The third-order valence-corrected chi connectivity index (χ3v) is 9.66. The van der Waals surface area contributed by atoms with Crippen LogP contribution in [0.2, 0.25) is 0 Å². The lowest BCUT2D eigenvalue weighted by atomic mass is 9.91. The summed E-state index contributed by atoms with van der Waals surface area (Å²) in [5.41, 5.74) is 2.78. The fourth-order valence-corrected chi connectivity index (χ4v) is 7.63. The van der Waals surface area contributed by atoms with E-state index in [0.29, 0.717) is 24.8 Å². The first-order valence-electron chi connectivity index (χ1n) is 14.9. The summed E-state index contributed by atoms with van der Waals surface area (Å²) in [6.07, 6.45) is 5.07. The topological polar surface area (TPSA) is 101 Å². The highest BCUT2D eigenvalue weighted by atomic mass is 32.1. The van der Waals surface area contributed by atoms with E-state index < -0.39 is 11.5 Å². The molecule has 1 unspecified atom stereocenters. The highest BCUT2D eigenvalue weighted by molar-refractivity contribution is 7.16. The van der Waals surface area contributed by atoms with E-state index in [9.17, 15) is 14.4 Å². The van der Waals surface area contributed by atoms with Gasteiger partial charge in [-0.05, 0) is 91.7 Å². The number of aliphatic imine (C=N–C) groups is 1. The van der Waals surface area contributed by atoms with Crippen LogP contribution in [0.25, 0.3) is 0 Å². The Kier molecular flexibility index (Phi) is 9.95. The molecule has 1 atom stereocenters. The van der Waals surface area contributed by atoms with Gasteiger partial charge in [0.05, 0.1) is 16.5 Å². The molecule has 0 spiro atoms. The van der Waals surface area contributed by atoms with E-state index in [4.69, 9.17) is 9.47 Å². The summed E-state index contributed by atoms with van der Waals surface area (Å²) in [4.78, 5) is 48.5. The van der Waals surface area contributed by atoms with Crippen molar-refractivity contribution in [1.82, 2.24) is 10.2 Å². The Morgan fingerprint density at radius 2 is 1.80 bits per heavy atom. The summed E-state index contributed by atoms with van der Waals surface area (Å²) in [5, 5.41) is 4.22. The molecule has 1 aromatic rings. The highest BCUT2D eigenvalue weighted by Crippen LogP contribution is 2.44. The standard InChI is InChI=1S/C31H46N4O5S/c1-8-35(23-11-15-39-16-12-23)29-21(4)25(28(37)32-18-24-19(2)17-20(3)33-27(24)36)26(41-29)22-9-13-34(14-10-22)30(38)40-31(5,6)7/h17,22-24H,8-16,18H2,1-7H3,(H,32,37). The van der Waals surface area contributed by atoms with Crippen molar-refractivity contribution in [3.63, 3.8) is 0 Å². The first-order chi connectivity index (χ1) is 19.4. The van der Waals surface area contributed by atoms with E-state index >= 15 is 0 Å². The Morgan fingerprint density at radius 3 is 2.39 bits per heavy atom. The molecule has 0 aliphatic carbocycles. The number of dihydropyridines is 1. The van der Waals surface area contributed by atoms with Crippen LogP contribution in [0.3, 0.4) is 0 Å². The molecule has 4 rings (SSSR count). The Morgan fingerprint density at radius 1 is 1.15 bits per heavy atom. The molecule has 0 saturated carbocycles. The van der Waals surface area contributed by atoms with Gasteiger partial charge in [0, 0.05) is 56.0 Å². The van der Waals surface area contributed by atoms with Crippen molar-refractivity contribution in [1.29, 1.82) is 0 Å². The van der Waals surface area contributed by atoms with Crippen LogP contribution in [-0.2, 0) is 14.3 Å². The van der Waals surface area contributed by atoms with Crippen molar-refractivity contribution in [2.24, 2.45) is 10.9 Å². The van der Waals surface area contributed by atoms with Crippen molar-refractivity contribution in [3.05, 3.63) is 27.7 Å². The molecule has 9 nitrogen and oxygen atoms in total. The number of nitrogens with one attached hydrogen (secondary N) is 1. The van der Waals surface area contributed by atoms with Gasteiger partial charge in [0.1, 0.15) is 5.60 Å². The van der Waals surface area contributed by atoms with Crippen LogP contribution in [0.1, 0.15) is 93.9 Å². The van der Waals surface area contributed by atoms with Crippen molar-refractivity contribution in [3.8, 4) is 0 Å². The zero-order chi connectivity index (χ0) is 29.9. The summed E-state index contributed by atoms with van der Waals surface area (Å²) < 4.78 is 11.2. The maximum absolute atomic E-state index is 13.9. The summed E-state index contributed by atoms with van der Waals surface area (Å²) in [6.45, 7) is 17.3. The number of amides is 3. The number of nitrogens with zero attached hydrogens (tertiary/aromatic N) is 3. The number of ether oxygens (including phenoxy) is 2. The number of hydrogen-bond donors (Lipinski definition) is 1. The van der Waals surface area contributed by atoms with Gasteiger partial charge in [-0.15, -0.1) is 11.3 Å². The van der Waals surface area contributed by atoms with Crippen LogP contribution < -0.4 is 10.2 Å². The normalized spacial score (nSPS) is 20.9. The molecule has 10 heteroatoms. The maximum atomic E-state index is 13.9. The number of carbonyl (C=O) groups is 3. The molecule has 0 aromatic carbocycles. The average Bonchev–Trinajstić information content (AvgIpc) is 3.25. The van der Waals surface area contributed by atoms with Crippen LogP contribution in [0, 0.1) is 12.8 Å². The molecule has 2 saturated heterocycles. The third-order valence-electron chi connectivity index (χ3n) is 8.16. The molecule has 2 fully saturated rings. The average molecular weight is 587 g/mol. The Balaban J connectivity index is 1.58. The lowest BCUT2D eigenvalue weighted by molar-refractivity contribution is -0.120. The number of likely N-dealkylation sites (tertiary alicyclic amines) is 1. The molecule has 0 bridgehead atoms. The Labute approximate surface area is 248 Å². The second-order valence-corrected chi connectivity index (χ2v) is 13.4. The van der Waals surface area contributed by atoms with Gasteiger partial charge < -0.3 is 24.6 Å². The Bertz CT molecular complexity index is 1200. The quantitative estimate of drug-likeness (QED) is 0.455. The maximum Gasteiger partial charge on any atom is 0.410 e. The van der Waals surface area contributed by atoms with Gasteiger partial charge in [0.15, 0.2) is 0 Å². The predicted octanol–water partition coefficient (Wildman–Crippen LogP) is 5.47. The van der Waals surface area contributed by atoms with Crippen LogP contribution >= 0.6 is 11.3 Å². The van der Waals surface area contributed by atoms with E-state index in [1.54, 1.807) is 16.2 Å². The van der Waals surface area contributed by atoms with E-state index in [-0.39, 0.29) is 30.4 Å². The van der Waals surface area contributed by atoms with E-state index in [2.05, 4.69) is 22.1 Å². The molecule has 4 heterocycles. The van der Waals surface area contributed by atoms with Crippen molar-refractivity contribution in [2.45, 2.75) is 91.7 Å². The summed E-state index contributed by atoms with van der Waals surface area (Å²) >= 11 is 1.72. The predicted molar refractivity (Wildman–Crippen MR) is 163 cm³/mol.